The second-order valence-corrected chi connectivity index (χ2v) is 4.66. The van der Waals surface area contributed by atoms with Crippen molar-refractivity contribution in [2.75, 3.05) is 12.1 Å². The SMILES string of the molecule is CN(/N=C/c1cc(Cl)cc([N+](=O)[O-])c1O)c1ccccc1. The van der Waals surface area contributed by atoms with Crippen LogP contribution in [0.5, 0.6) is 5.75 Å². The number of nitro benzene ring substituents is 1. The normalized spacial score (nSPS) is 10.8. The summed E-state index contributed by atoms with van der Waals surface area (Å²) >= 11 is 5.81. The third-order valence-electron chi connectivity index (χ3n) is 2.78. The van der Waals surface area contributed by atoms with Gasteiger partial charge in [-0.25, -0.2) is 0 Å². The van der Waals surface area contributed by atoms with Gasteiger partial charge in [0, 0.05) is 23.7 Å². The van der Waals surface area contributed by atoms with Crippen LogP contribution in [0.15, 0.2) is 47.6 Å². The van der Waals surface area contributed by atoms with Crippen LogP contribution >= 0.6 is 11.6 Å². The molecule has 0 aliphatic carbocycles. The van der Waals surface area contributed by atoms with Gasteiger partial charge >= 0.3 is 5.69 Å². The average molecular weight is 306 g/mol. The van der Waals surface area contributed by atoms with Crippen LogP contribution in [-0.2, 0) is 0 Å². The molecule has 6 nitrogen and oxygen atoms in total. The highest BCUT2D eigenvalue weighted by Crippen LogP contribution is 2.32. The lowest BCUT2D eigenvalue weighted by atomic mass is 10.2. The monoisotopic (exact) mass is 305 g/mol. The number of nitro groups is 1. The Labute approximate surface area is 126 Å². The van der Waals surface area contributed by atoms with E-state index in [0.29, 0.717) is 0 Å². The maximum Gasteiger partial charge on any atom is 0.312 e. The summed E-state index contributed by atoms with van der Waals surface area (Å²) in [5.41, 5.74) is 0.563. The molecule has 0 amide bonds. The maximum absolute atomic E-state index is 10.8. The lowest BCUT2D eigenvalue weighted by molar-refractivity contribution is -0.385. The Hall–Kier alpha value is -2.60. The summed E-state index contributed by atoms with van der Waals surface area (Å²) in [7, 11) is 1.72. The van der Waals surface area contributed by atoms with Crippen molar-refractivity contribution in [3.63, 3.8) is 0 Å². The smallest absolute Gasteiger partial charge is 0.312 e. The molecule has 2 aromatic rings. The third kappa shape index (κ3) is 3.49. The Kier molecular flexibility index (Phi) is 4.39. The van der Waals surface area contributed by atoms with Crippen molar-refractivity contribution in [1.29, 1.82) is 0 Å². The Bertz CT molecular complexity index is 689. The molecule has 0 atom stereocenters. The predicted molar refractivity (Wildman–Crippen MR) is 82.2 cm³/mol. The number of aromatic hydroxyl groups is 1. The van der Waals surface area contributed by atoms with Gasteiger partial charge in [-0.2, -0.15) is 5.10 Å². The summed E-state index contributed by atoms with van der Waals surface area (Å²) in [4.78, 5) is 10.1. The van der Waals surface area contributed by atoms with E-state index < -0.39 is 16.4 Å². The van der Waals surface area contributed by atoms with E-state index in [1.54, 1.807) is 12.1 Å². The van der Waals surface area contributed by atoms with Gasteiger partial charge in [0.2, 0.25) is 5.75 Å². The summed E-state index contributed by atoms with van der Waals surface area (Å²) < 4.78 is 0. The quantitative estimate of drug-likeness (QED) is 0.533. The van der Waals surface area contributed by atoms with Crippen LogP contribution in [0, 0.1) is 10.1 Å². The molecule has 2 rings (SSSR count). The number of hydrogen-bond donors (Lipinski definition) is 1. The predicted octanol–water partition coefficient (Wildman–Crippen LogP) is 3.42. The van der Waals surface area contributed by atoms with Gasteiger partial charge in [-0.3, -0.25) is 15.1 Å². The summed E-state index contributed by atoms with van der Waals surface area (Å²) in [5, 5.41) is 26.5. The number of nitrogens with zero attached hydrogens (tertiary/aromatic N) is 3. The van der Waals surface area contributed by atoms with E-state index in [9.17, 15) is 15.2 Å². The van der Waals surface area contributed by atoms with E-state index in [1.807, 2.05) is 30.3 Å². The fourth-order valence-electron chi connectivity index (χ4n) is 1.70. The number of hydrazone groups is 1. The maximum atomic E-state index is 10.8. The largest absolute Gasteiger partial charge is 0.502 e. The highest BCUT2D eigenvalue weighted by Gasteiger charge is 2.17. The molecule has 7 heteroatoms. The molecule has 108 valence electrons. The number of benzene rings is 2. The number of hydrogen-bond acceptors (Lipinski definition) is 5. The number of halogens is 1. The second-order valence-electron chi connectivity index (χ2n) is 4.22. The standard InChI is InChI=1S/C14H12ClN3O3/c1-17(12-5-3-2-4-6-12)16-9-10-7-11(15)8-13(14(10)19)18(20)21/h2-9,19H,1H3/b16-9+. The van der Waals surface area contributed by atoms with Gasteiger partial charge in [0.05, 0.1) is 16.8 Å². The van der Waals surface area contributed by atoms with Crippen LogP contribution in [-0.4, -0.2) is 23.3 Å². The molecule has 1 N–H and O–H groups in total. The molecule has 21 heavy (non-hydrogen) atoms. The Morgan fingerprint density at radius 1 is 1.33 bits per heavy atom. The van der Waals surface area contributed by atoms with Gasteiger partial charge in [0.15, 0.2) is 0 Å². The Morgan fingerprint density at radius 2 is 2.00 bits per heavy atom. The van der Waals surface area contributed by atoms with E-state index in [1.165, 1.54) is 12.3 Å². The minimum Gasteiger partial charge on any atom is -0.502 e. The lowest BCUT2D eigenvalue weighted by Crippen LogP contribution is -2.08. The van der Waals surface area contributed by atoms with Crippen molar-refractivity contribution in [3.8, 4) is 5.75 Å². The number of anilines is 1. The first-order valence-corrected chi connectivity index (χ1v) is 6.36. The number of phenolic OH excluding ortho intramolecular Hbond substituents is 1. The Morgan fingerprint density at radius 3 is 2.62 bits per heavy atom. The first-order chi connectivity index (χ1) is 9.99. The molecule has 0 aliphatic rings. The first-order valence-electron chi connectivity index (χ1n) is 5.98. The van der Waals surface area contributed by atoms with Crippen LogP contribution in [0.1, 0.15) is 5.56 Å². The van der Waals surface area contributed by atoms with Crippen molar-refractivity contribution in [1.82, 2.24) is 0 Å². The molecule has 0 radical (unpaired) electrons. The average Bonchev–Trinajstić information content (AvgIpc) is 2.48. The molecule has 0 bridgehead atoms. The highest BCUT2D eigenvalue weighted by molar-refractivity contribution is 6.31. The zero-order chi connectivity index (χ0) is 15.4. The van der Waals surface area contributed by atoms with E-state index in [0.717, 1.165) is 11.8 Å². The molecule has 2 aromatic carbocycles. The van der Waals surface area contributed by atoms with Gasteiger partial charge in [-0.05, 0) is 18.2 Å². The first kappa shape index (κ1) is 14.8. The van der Waals surface area contributed by atoms with Gasteiger partial charge in [-0.1, -0.05) is 29.8 Å². The van der Waals surface area contributed by atoms with Crippen molar-refractivity contribution in [3.05, 3.63) is 63.2 Å². The number of rotatable bonds is 4. The van der Waals surface area contributed by atoms with E-state index >= 15 is 0 Å². The number of phenols is 1. The molecular formula is C14H12ClN3O3. The lowest BCUT2D eigenvalue weighted by Gasteiger charge is -2.12. The van der Waals surface area contributed by atoms with E-state index in [2.05, 4.69) is 5.10 Å². The van der Waals surface area contributed by atoms with Gasteiger partial charge < -0.3 is 5.11 Å². The minimum absolute atomic E-state index is 0.156. The fraction of sp³-hybridized carbons (Fsp3) is 0.0714. The summed E-state index contributed by atoms with van der Waals surface area (Å²) in [6, 6.07) is 11.8. The van der Waals surface area contributed by atoms with Crippen molar-refractivity contribution in [2.24, 2.45) is 5.10 Å². The zero-order valence-corrected chi connectivity index (χ0v) is 11.9. The second kappa shape index (κ2) is 6.23. The summed E-state index contributed by atoms with van der Waals surface area (Å²) in [6.07, 6.45) is 1.32. The molecule has 0 spiro atoms. The van der Waals surface area contributed by atoms with Gasteiger partial charge in [0.1, 0.15) is 0 Å². The topological polar surface area (TPSA) is 79.0 Å². The minimum atomic E-state index is -0.695. The van der Waals surface area contributed by atoms with Crippen LogP contribution in [0.2, 0.25) is 5.02 Å². The zero-order valence-electron chi connectivity index (χ0n) is 11.1. The third-order valence-corrected chi connectivity index (χ3v) is 3.00. The van der Waals surface area contributed by atoms with E-state index in [-0.39, 0.29) is 10.6 Å². The van der Waals surface area contributed by atoms with Crippen molar-refractivity contribution >= 4 is 29.2 Å². The molecule has 0 saturated carbocycles. The van der Waals surface area contributed by atoms with Gasteiger partial charge in [0.25, 0.3) is 0 Å². The molecular weight excluding hydrogens is 294 g/mol. The molecule has 0 aromatic heterocycles. The number of para-hydroxylation sites is 1. The van der Waals surface area contributed by atoms with E-state index in [4.69, 9.17) is 11.6 Å². The van der Waals surface area contributed by atoms with Crippen molar-refractivity contribution in [2.45, 2.75) is 0 Å². The van der Waals surface area contributed by atoms with Crippen LogP contribution < -0.4 is 5.01 Å². The highest BCUT2D eigenvalue weighted by atomic mass is 35.5. The van der Waals surface area contributed by atoms with Crippen LogP contribution in [0.4, 0.5) is 11.4 Å². The molecule has 0 fully saturated rings. The molecule has 0 heterocycles. The summed E-state index contributed by atoms with van der Waals surface area (Å²) in [6.45, 7) is 0. The fourth-order valence-corrected chi connectivity index (χ4v) is 1.92. The Balaban J connectivity index is 2.31. The van der Waals surface area contributed by atoms with Gasteiger partial charge in [-0.15, -0.1) is 0 Å². The molecule has 0 saturated heterocycles. The van der Waals surface area contributed by atoms with Crippen molar-refractivity contribution < 1.29 is 10.0 Å². The van der Waals surface area contributed by atoms with Crippen LogP contribution in [0.3, 0.4) is 0 Å². The molecule has 0 aliphatic heterocycles. The summed E-state index contributed by atoms with van der Waals surface area (Å²) in [5.74, 6) is -0.463. The molecule has 0 unspecified atom stereocenters. The van der Waals surface area contributed by atoms with Crippen LogP contribution in [0.25, 0.3) is 0 Å².